The maximum absolute atomic E-state index is 2.32. The highest BCUT2D eigenvalue weighted by molar-refractivity contribution is 6.15. The summed E-state index contributed by atoms with van der Waals surface area (Å²) in [7, 11) is 9.80. The van der Waals surface area contributed by atoms with Crippen LogP contribution in [0.5, 0.6) is 0 Å². The summed E-state index contributed by atoms with van der Waals surface area (Å²) in [5.74, 6) is 0. The number of rotatable bonds is 3. The van der Waals surface area contributed by atoms with E-state index < -0.39 is 0 Å². The molecule has 0 N–H and O–H groups in total. The summed E-state index contributed by atoms with van der Waals surface area (Å²) in [4.78, 5) is 4.57. The molecule has 0 amide bonds. The van der Waals surface area contributed by atoms with Crippen molar-refractivity contribution in [1.29, 1.82) is 0 Å². The predicted molar refractivity (Wildman–Crippen MR) is 55.1 cm³/mol. The van der Waals surface area contributed by atoms with Crippen LogP contribution in [0, 0.1) is 0 Å². The van der Waals surface area contributed by atoms with Gasteiger partial charge in [0.15, 0.2) is 0 Å². The Morgan fingerprint density at radius 2 is 1.27 bits per heavy atom. The van der Waals surface area contributed by atoms with Gasteiger partial charge in [-0.15, -0.1) is 0 Å². The minimum absolute atomic E-state index is 0.451. The van der Waals surface area contributed by atoms with Crippen molar-refractivity contribution in [2.45, 2.75) is 25.1 Å². The van der Waals surface area contributed by atoms with Crippen LogP contribution in [0.15, 0.2) is 0 Å². The van der Waals surface area contributed by atoms with Crippen LogP contribution in [0.3, 0.4) is 0 Å². The lowest BCUT2D eigenvalue weighted by Crippen LogP contribution is -2.47. The van der Waals surface area contributed by atoms with Gasteiger partial charge in [0, 0.05) is 10.2 Å². The Morgan fingerprint density at radius 3 is 1.27 bits per heavy atom. The Bertz CT molecular complexity index is 108. The molecule has 0 saturated heterocycles. The Morgan fingerprint density at radius 1 is 1.00 bits per heavy atom. The highest BCUT2D eigenvalue weighted by Gasteiger charge is 2.27. The molecule has 68 valence electrons. The second kappa shape index (κ2) is 3.69. The van der Waals surface area contributed by atoms with Crippen LogP contribution in [-0.4, -0.2) is 54.4 Å². The van der Waals surface area contributed by atoms with Gasteiger partial charge in [0.25, 0.3) is 0 Å². The third kappa shape index (κ3) is 3.36. The fraction of sp³-hybridized carbons (Fsp3) is 1.00. The van der Waals surface area contributed by atoms with E-state index in [0.717, 1.165) is 0 Å². The van der Waals surface area contributed by atoms with E-state index in [1.807, 2.05) is 0 Å². The molecule has 0 spiro atoms. The van der Waals surface area contributed by atoms with Crippen LogP contribution in [0.4, 0.5) is 0 Å². The van der Waals surface area contributed by atoms with Gasteiger partial charge in [-0.1, -0.05) is 13.8 Å². The first-order chi connectivity index (χ1) is 4.76. The van der Waals surface area contributed by atoms with Crippen molar-refractivity contribution >= 4 is 10.2 Å². The third-order valence-electron chi connectivity index (χ3n) is 1.75. The van der Waals surface area contributed by atoms with Gasteiger partial charge in [0.2, 0.25) is 0 Å². The molecule has 0 aromatic carbocycles. The topological polar surface area (TPSA) is 6.48 Å². The molecule has 0 rings (SSSR count). The second-order valence-corrected chi connectivity index (χ2v) is 7.24. The quantitative estimate of drug-likeness (QED) is 0.439. The highest BCUT2D eigenvalue weighted by atomic mass is 28.1. The molecule has 0 fully saturated rings. The van der Waals surface area contributed by atoms with Crippen molar-refractivity contribution in [3.63, 3.8) is 0 Å². The van der Waals surface area contributed by atoms with Crippen LogP contribution in [0.1, 0.15) is 13.8 Å². The number of nitrogens with zero attached hydrogens (tertiary/aromatic N) is 2. The molecule has 0 aromatic rings. The van der Waals surface area contributed by atoms with E-state index in [-0.39, 0.29) is 0 Å². The molecule has 0 aliphatic rings. The molecule has 0 aliphatic heterocycles. The second-order valence-electron chi connectivity index (χ2n) is 4.67. The number of hydrogen-bond donors (Lipinski definition) is 0. The zero-order valence-electron chi connectivity index (χ0n) is 8.97. The van der Waals surface area contributed by atoms with Crippen molar-refractivity contribution in [1.82, 2.24) is 9.80 Å². The third-order valence-corrected chi connectivity index (χ3v) is 2.27. The molecule has 0 saturated carbocycles. The molecule has 0 bridgehead atoms. The first-order valence-electron chi connectivity index (χ1n) is 4.09. The minimum Gasteiger partial charge on any atom is -0.294 e. The van der Waals surface area contributed by atoms with Gasteiger partial charge in [-0.2, -0.15) is 0 Å². The molecular formula is C8H22N2Si. The van der Waals surface area contributed by atoms with Gasteiger partial charge in [0.05, 0.1) is 6.17 Å². The Kier molecular flexibility index (Phi) is 3.74. The monoisotopic (exact) mass is 174 g/mol. The molecule has 3 heteroatoms. The zero-order valence-corrected chi connectivity index (χ0v) is 11.0. The average molecular weight is 174 g/mol. The smallest absolute Gasteiger partial charge is 0.0631 e. The van der Waals surface area contributed by atoms with Crippen molar-refractivity contribution in [2.24, 2.45) is 0 Å². The predicted octanol–water partition coefficient (Wildman–Crippen LogP) is -0.000400. The van der Waals surface area contributed by atoms with Gasteiger partial charge in [-0.3, -0.25) is 9.80 Å². The largest absolute Gasteiger partial charge is 0.294 e. The van der Waals surface area contributed by atoms with Gasteiger partial charge in [-0.25, -0.2) is 0 Å². The first kappa shape index (κ1) is 11.1. The summed E-state index contributed by atoms with van der Waals surface area (Å²) < 4.78 is 0. The highest BCUT2D eigenvalue weighted by Crippen LogP contribution is 2.28. The Labute approximate surface area is 74.0 Å². The summed E-state index contributed by atoms with van der Waals surface area (Å²) >= 11 is 0. The molecule has 0 unspecified atom stereocenters. The normalized spacial score (nSPS) is 13.9. The Balaban J connectivity index is 4.35. The number of hydrogen-bond acceptors (Lipinski definition) is 2. The van der Waals surface area contributed by atoms with Crippen molar-refractivity contribution in [3.05, 3.63) is 0 Å². The lowest BCUT2D eigenvalue weighted by molar-refractivity contribution is 0.0939. The molecule has 0 heterocycles. The first-order valence-corrected chi connectivity index (χ1v) is 5.09. The summed E-state index contributed by atoms with van der Waals surface area (Å²) in [6.07, 6.45) is 0.564. The van der Waals surface area contributed by atoms with Crippen molar-refractivity contribution in [3.8, 4) is 0 Å². The van der Waals surface area contributed by atoms with E-state index in [1.54, 1.807) is 0 Å². The molecule has 0 atom stereocenters. The van der Waals surface area contributed by atoms with Crippen LogP contribution in [0.25, 0.3) is 0 Å². The van der Waals surface area contributed by atoms with Gasteiger partial charge < -0.3 is 0 Å². The van der Waals surface area contributed by atoms with E-state index in [2.05, 4.69) is 51.8 Å². The lowest BCUT2D eigenvalue weighted by Gasteiger charge is -2.40. The molecule has 11 heavy (non-hydrogen) atoms. The zero-order chi connectivity index (χ0) is 9.23. The molecule has 0 aliphatic carbocycles. The molecular weight excluding hydrogens is 152 g/mol. The van der Waals surface area contributed by atoms with Gasteiger partial charge in [0.1, 0.15) is 0 Å². The SMILES string of the molecule is CN(C)C(N(C)C)C(C)(C)[SiH3]. The fourth-order valence-corrected chi connectivity index (χ4v) is 3.04. The summed E-state index contributed by atoms with van der Waals surface area (Å²) in [5.41, 5.74) is 0. The summed E-state index contributed by atoms with van der Waals surface area (Å²) in [6, 6.07) is 0. The molecule has 2 nitrogen and oxygen atoms in total. The van der Waals surface area contributed by atoms with E-state index in [9.17, 15) is 0 Å². The van der Waals surface area contributed by atoms with E-state index in [1.165, 1.54) is 10.2 Å². The van der Waals surface area contributed by atoms with E-state index in [0.29, 0.717) is 11.2 Å². The van der Waals surface area contributed by atoms with Crippen LogP contribution in [-0.2, 0) is 0 Å². The van der Waals surface area contributed by atoms with E-state index in [4.69, 9.17) is 0 Å². The summed E-state index contributed by atoms with van der Waals surface area (Å²) in [5, 5.41) is 0.451. The van der Waals surface area contributed by atoms with Crippen molar-refractivity contribution in [2.75, 3.05) is 28.2 Å². The van der Waals surface area contributed by atoms with Crippen LogP contribution < -0.4 is 0 Å². The molecule has 0 aromatic heterocycles. The van der Waals surface area contributed by atoms with Crippen LogP contribution >= 0.6 is 0 Å². The standard InChI is InChI=1S/C8H22N2Si/c1-8(2,11)7(9(3)4)10(5)6/h7H,1-6,11H3. The lowest BCUT2D eigenvalue weighted by atomic mass is 10.1. The fourth-order valence-electron chi connectivity index (χ4n) is 2.01. The Hall–Kier alpha value is 0.137. The van der Waals surface area contributed by atoms with E-state index >= 15 is 0 Å². The minimum atomic E-state index is 0.451. The summed E-state index contributed by atoms with van der Waals surface area (Å²) in [6.45, 7) is 4.65. The maximum Gasteiger partial charge on any atom is 0.0631 e. The maximum atomic E-state index is 2.32. The van der Waals surface area contributed by atoms with Crippen molar-refractivity contribution < 1.29 is 0 Å². The van der Waals surface area contributed by atoms with Gasteiger partial charge in [-0.05, 0) is 33.2 Å². The average Bonchev–Trinajstić information content (AvgIpc) is 1.54. The molecule has 0 radical (unpaired) electrons. The van der Waals surface area contributed by atoms with Gasteiger partial charge >= 0.3 is 0 Å². The van der Waals surface area contributed by atoms with Crippen LogP contribution in [0.2, 0.25) is 5.04 Å².